The minimum absolute atomic E-state index is 0.741. The quantitative estimate of drug-likeness (QED) is 0.276. The van der Waals surface area contributed by atoms with Gasteiger partial charge in [-0.05, 0) is 133 Å². The summed E-state index contributed by atoms with van der Waals surface area (Å²) in [4.78, 5) is 15.6. The molecule has 0 radical (unpaired) electrons. The third-order valence-corrected chi connectivity index (χ3v) is 12.3. The first-order valence-corrected chi connectivity index (χ1v) is 19.9. The van der Waals surface area contributed by atoms with Crippen LogP contribution in [-0.2, 0) is 51.9 Å². The van der Waals surface area contributed by atoms with Gasteiger partial charge in [0.15, 0.2) is 0 Å². The molecule has 0 fully saturated rings. The molecule has 272 valence electrons. The topological polar surface area (TPSA) is 71.5 Å². The van der Waals surface area contributed by atoms with Crippen LogP contribution in [0.3, 0.4) is 0 Å². The fourth-order valence-electron chi connectivity index (χ4n) is 9.45. The first kappa shape index (κ1) is 33.7. The maximum atomic E-state index is 6.01. The second-order valence-corrected chi connectivity index (χ2v) is 15.9. The number of anilines is 4. The van der Waals surface area contributed by atoms with Crippen LogP contribution in [0, 0.1) is 0 Å². The van der Waals surface area contributed by atoms with E-state index in [1.54, 1.807) is 0 Å². The van der Waals surface area contributed by atoms with E-state index in [-0.39, 0.29) is 0 Å². The summed E-state index contributed by atoms with van der Waals surface area (Å²) in [6.45, 7) is 13.7. The van der Waals surface area contributed by atoms with Crippen molar-refractivity contribution in [2.24, 2.45) is 11.5 Å². The zero-order valence-electron chi connectivity index (χ0n) is 30.9. The number of benzene rings is 4. The summed E-state index contributed by atoms with van der Waals surface area (Å²) in [7, 11) is 0. The highest BCUT2D eigenvalue weighted by Crippen LogP contribution is 2.40. The molecule has 4 aromatic carbocycles. The van der Waals surface area contributed by atoms with Gasteiger partial charge in [0.1, 0.15) is 0 Å². The molecule has 8 heteroatoms. The molecular formula is C44H56N8. The highest BCUT2D eigenvalue weighted by molar-refractivity contribution is 5.69. The van der Waals surface area contributed by atoms with E-state index < -0.39 is 0 Å². The van der Waals surface area contributed by atoms with Crippen LogP contribution in [0.1, 0.15) is 57.3 Å². The lowest BCUT2D eigenvalue weighted by Crippen LogP contribution is -2.46. The van der Waals surface area contributed by atoms with Crippen molar-refractivity contribution in [1.29, 1.82) is 0 Å². The number of hydrogen-bond donors (Lipinski definition) is 2. The molecule has 0 aromatic heterocycles. The largest absolute Gasteiger partial charge is 0.349 e. The molecule has 0 atom stereocenters. The molecule has 11 heterocycles. The first-order chi connectivity index (χ1) is 25.6. The Hall–Kier alpha value is -4.08. The van der Waals surface area contributed by atoms with E-state index in [0.29, 0.717) is 0 Å². The van der Waals surface area contributed by atoms with Crippen molar-refractivity contribution in [2.45, 2.75) is 64.7 Å². The van der Waals surface area contributed by atoms with Crippen molar-refractivity contribution < 1.29 is 0 Å². The van der Waals surface area contributed by atoms with Gasteiger partial charge in [-0.1, -0.05) is 48.5 Å². The third kappa shape index (κ3) is 6.90. The summed E-state index contributed by atoms with van der Waals surface area (Å²) in [6, 6.07) is 29.1. The van der Waals surface area contributed by atoms with Crippen LogP contribution < -0.4 is 31.1 Å². The standard InChI is InChI=1S/C44H56N8/c45-15-1-17-47-19-11-33-3-7-41-37(23-33)27-49-31-51(41)29-39-25-35(5-9-43(39)49)13-21-48(18-2-16-46)22-14-36-6-10-44-40(26-36)30-52-32-50(44)28-38-24-34(12-20-47)4-8-42(38)52/h3-10,23-26H,1-2,11-22,27-32,45-46H2. The summed E-state index contributed by atoms with van der Waals surface area (Å²) in [5.41, 5.74) is 29.3. The predicted molar refractivity (Wildman–Crippen MR) is 215 cm³/mol. The Bertz CT molecular complexity index is 1640. The highest BCUT2D eigenvalue weighted by atomic mass is 15.4. The van der Waals surface area contributed by atoms with Crippen LogP contribution >= 0.6 is 0 Å². The van der Waals surface area contributed by atoms with Crippen LogP contribution in [-0.4, -0.2) is 75.5 Å². The summed E-state index contributed by atoms with van der Waals surface area (Å²) in [5.74, 6) is 0. The Morgan fingerprint density at radius 1 is 0.404 bits per heavy atom. The summed E-state index contributed by atoms with van der Waals surface area (Å²) < 4.78 is 0. The summed E-state index contributed by atoms with van der Waals surface area (Å²) in [6.07, 6.45) is 6.34. The minimum atomic E-state index is 0.741. The second-order valence-electron chi connectivity index (χ2n) is 15.9. The Morgan fingerprint density at radius 2 is 0.692 bits per heavy atom. The van der Waals surface area contributed by atoms with Crippen molar-refractivity contribution in [1.82, 2.24) is 9.80 Å². The van der Waals surface area contributed by atoms with Gasteiger partial charge < -0.3 is 40.9 Å². The van der Waals surface area contributed by atoms with E-state index >= 15 is 0 Å². The van der Waals surface area contributed by atoms with E-state index in [2.05, 4.69) is 102 Å². The molecule has 0 unspecified atom stereocenters. The van der Waals surface area contributed by atoms with Gasteiger partial charge in [0, 0.05) is 75.1 Å². The van der Waals surface area contributed by atoms with E-state index in [1.165, 1.54) is 67.3 Å². The minimum Gasteiger partial charge on any atom is -0.349 e. The molecular weight excluding hydrogens is 641 g/mol. The molecule has 0 saturated heterocycles. The molecule has 8 nitrogen and oxygen atoms in total. The van der Waals surface area contributed by atoms with Gasteiger partial charge in [0.25, 0.3) is 0 Å². The number of nitrogens with two attached hydrogens (primary N) is 2. The van der Waals surface area contributed by atoms with Crippen molar-refractivity contribution in [3.63, 3.8) is 0 Å². The van der Waals surface area contributed by atoms with Crippen molar-refractivity contribution in [2.75, 3.05) is 85.3 Å². The van der Waals surface area contributed by atoms with Crippen molar-refractivity contribution in [3.8, 4) is 0 Å². The molecule has 16 bridgehead atoms. The molecule has 52 heavy (non-hydrogen) atoms. The Kier molecular flexibility index (Phi) is 9.56. The molecule has 0 spiro atoms. The number of hydrogen-bond acceptors (Lipinski definition) is 8. The Balaban J connectivity index is 1.01. The molecule has 11 aliphatic rings. The lowest BCUT2D eigenvalue weighted by atomic mass is 9.96. The molecule has 0 amide bonds. The average molecular weight is 697 g/mol. The Labute approximate surface area is 310 Å². The van der Waals surface area contributed by atoms with Crippen LogP contribution in [0.4, 0.5) is 22.7 Å². The second kappa shape index (κ2) is 14.7. The highest BCUT2D eigenvalue weighted by Gasteiger charge is 2.31. The monoisotopic (exact) mass is 696 g/mol. The van der Waals surface area contributed by atoms with E-state index in [1.807, 2.05) is 0 Å². The molecule has 4 N–H and O–H groups in total. The van der Waals surface area contributed by atoms with Crippen molar-refractivity contribution in [3.05, 3.63) is 117 Å². The van der Waals surface area contributed by atoms with Gasteiger partial charge in [-0.25, -0.2) is 0 Å². The number of nitrogens with zero attached hydrogens (tertiary/aromatic N) is 6. The maximum Gasteiger partial charge on any atom is 0.0910 e. The lowest BCUT2D eigenvalue weighted by molar-refractivity contribution is 0.278. The molecule has 11 aliphatic heterocycles. The normalized spacial score (nSPS) is 18.8. The van der Waals surface area contributed by atoms with Gasteiger partial charge >= 0.3 is 0 Å². The van der Waals surface area contributed by atoms with Gasteiger partial charge in [0.05, 0.1) is 13.3 Å². The van der Waals surface area contributed by atoms with Crippen LogP contribution in [0.25, 0.3) is 0 Å². The van der Waals surface area contributed by atoms with Gasteiger partial charge in [-0.3, -0.25) is 0 Å². The third-order valence-electron chi connectivity index (χ3n) is 12.3. The summed E-state index contributed by atoms with van der Waals surface area (Å²) >= 11 is 0. The zero-order valence-corrected chi connectivity index (χ0v) is 30.9. The predicted octanol–water partition coefficient (Wildman–Crippen LogP) is 5.47. The van der Waals surface area contributed by atoms with E-state index in [4.69, 9.17) is 11.5 Å². The maximum absolute atomic E-state index is 6.01. The molecule has 4 aromatic rings. The Morgan fingerprint density at radius 3 is 0.962 bits per heavy atom. The summed E-state index contributed by atoms with van der Waals surface area (Å²) in [5, 5.41) is 0. The van der Waals surface area contributed by atoms with Gasteiger partial charge in [-0.15, -0.1) is 0 Å². The fourth-order valence-corrected chi connectivity index (χ4v) is 9.45. The van der Waals surface area contributed by atoms with Crippen LogP contribution in [0.2, 0.25) is 0 Å². The van der Waals surface area contributed by atoms with Gasteiger partial charge in [0.2, 0.25) is 0 Å². The fraction of sp³-hybridized carbons (Fsp3) is 0.455. The zero-order chi connectivity index (χ0) is 35.0. The first-order valence-electron chi connectivity index (χ1n) is 19.9. The lowest BCUT2D eigenvalue weighted by Gasteiger charge is -2.45. The average Bonchev–Trinajstić information content (AvgIpc) is 3.16. The smallest absolute Gasteiger partial charge is 0.0910 e. The van der Waals surface area contributed by atoms with E-state index in [0.717, 1.165) is 130 Å². The van der Waals surface area contributed by atoms with E-state index in [9.17, 15) is 0 Å². The number of rotatable bonds is 6. The molecule has 0 saturated carbocycles. The van der Waals surface area contributed by atoms with Crippen molar-refractivity contribution >= 4 is 22.7 Å². The van der Waals surface area contributed by atoms with Gasteiger partial charge in [-0.2, -0.15) is 0 Å². The van der Waals surface area contributed by atoms with Crippen LogP contribution in [0.15, 0.2) is 72.8 Å². The molecule has 0 aliphatic carbocycles. The van der Waals surface area contributed by atoms with Crippen LogP contribution in [0.5, 0.6) is 0 Å². The SMILES string of the molecule is NCCCN1CCc2ccc3c(c2)CN2CN3Cc3cc(ccc32)CCN(CCCN)CCc2ccc3c(c2)CN2CN3Cc3cc(ccc32)CC1. The molecule has 15 rings (SSSR count).